The average Bonchev–Trinajstić information content (AvgIpc) is 3.12. The summed E-state index contributed by atoms with van der Waals surface area (Å²) < 4.78 is 40.3. The second-order valence-corrected chi connectivity index (χ2v) is 7.49. The van der Waals surface area contributed by atoms with Crippen molar-refractivity contribution in [1.82, 2.24) is 0 Å². The molecule has 0 fully saturated rings. The average molecular weight is 395 g/mol. The second kappa shape index (κ2) is 6.94. The molecule has 0 atom stereocenters. The van der Waals surface area contributed by atoms with Crippen LogP contribution in [-0.2, 0) is 10.2 Å². The van der Waals surface area contributed by atoms with E-state index in [1.54, 1.807) is 36.4 Å². The molecule has 0 aliphatic carbocycles. The van der Waals surface area contributed by atoms with E-state index in [0.29, 0.717) is 11.3 Å². The molecular formula is C21H14FNO4S. The molecule has 1 amide bonds. The Kier molecular flexibility index (Phi) is 4.44. The fourth-order valence-electron chi connectivity index (χ4n) is 2.84. The normalized spacial score (nSPS) is 11.5. The first kappa shape index (κ1) is 17.9. The lowest BCUT2D eigenvalue weighted by Gasteiger charge is -2.06. The molecule has 4 aromatic rings. The monoisotopic (exact) mass is 395 g/mol. The van der Waals surface area contributed by atoms with Gasteiger partial charge < -0.3 is 9.73 Å². The standard InChI is InChI=1S/C21H14FNO4S/c22-28(25,26)18-11-7-15(8-12-18)14-5-9-17(10-6-14)23-21(24)20-13-16-3-1-2-4-19(16)27-20/h1-13H,(H,23,24). The molecule has 140 valence electrons. The molecule has 5 nitrogen and oxygen atoms in total. The number of benzene rings is 3. The Morgan fingerprint density at radius 3 is 2.07 bits per heavy atom. The van der Waals surface area contributed by atoms with Crippen molar-refractivity contribution < 1.29 is 21.5 Å². The summed E-state index contributed by atoms with van der Waals surface area (Å²) in [7, 11) is -4.71. The third-order valence-electron chi connectivity index (χ3n) is 4.26. The Morgan fingerprint density at radius 1 is 0.857 bits per heavy atom. The molecule has 1 N–H and O–H groups in total. The Morgan fingerprint density at radius 2 is 1.46 bits per heavy atom. The summed E-state index contributed by atoms with van der Waals surface area (Å²) in [5.41, 5.74) is 2.74. The van der Waals surface area contributed by atoms with Crippen LogP contribution in [0, 0.1) is 0 Å². The topological polar surface area (TPSA) is 76.4 Å². The molecule has 1 heterocycles. The highest BCUT2D eigenvalue weighted by Crippen LogP contribution is 2.24. The number of carbonyl (C=O) groups excluding carboxylic acids is 1. The van der Waals surface area contributed by atoms with Gasteiger partial charge in [0, 0.05) is 11.1 Å². The van der Waals surface area contributed by atoms with Gasteiger partial charge in [-0.3, -0.25) is 4.79 Å². The van der Waals surface area contributed by atoms with Crippen molar-refractivity contribution in [3.8, 4) is 11.1 Å². The number of furan rings is 1. The van der Waals surface area contributed by atoms with Crippen LogP contribution in [0.3, 0.4) is 0 Å². The maximum absolute atomic E-state index is 13.0. The van der Waals surface area contributed by atoms with Crippen molar-refractivity contribution in [2.45, 2.75) is 4.90 Å². The van der Waals surface area contributed by atoms with Crippen LogP contribution in [-0.4, -0.2) is 14.3 Å². The highest BCUT2D eigenvalue weighted by molar-refractivity contribution is 7.86. The number of nitrogens with one attached hydrogen (secondary N) is 1. The number of fused-ring (bicyclic) bond motifs is 1. The van der Waals surface area contributed by atoms with E-state index in [9.17, 15) is 17.1 Å². The SMILES string of the molecule is O=C(Nc1ccc(-c2ccc(S(=O)(=O)F)cc2)cc1)c1cc2ccccc2o1. The molecule has 3 aromatic carbocycles. The van der Waals surface area contributed by atoms with Gasteiger partial charge in [-0.25, -0.2) is 0 Å². The van der Waals surface area contributed by atoms with Crippen LogP contribution in [0.1, 0.15) is 10.6 Å². The van der Waals surface area contributed by atoms with Crippen molar-refractivity contribution in [3.63, 3.8) is 0 Å². The van der Waals surface area contributed by atoms with Crippen molar-refractivity contribution in [3.05, 3.63) is 84.6 Å². The highest BCUT2D eigenvalue weighted by atomic mass is 32.3. The van der Waals surface area contributed by atoms with Gasteiger partial charge in [-0.15, -0.1) is 3.89 Å². The van der Waals surface area contributed by atoms with E-state index in [0.717, 1.165) is 16.5 Å². The molecule has 0 spiro atoms. The van der Waals surface area contributed by atoms with E-state index in [1.165, 1.54) is 24.3 Å². The number of carbonyl (C=O) groups is 1. The molecule has 0 radical (unpaired) electrons. The number of halogens is 1. The summed E-state index contributed by atoms with van der Waals surface area (Å²) in [6, 6.07) is 21.5. The summed E-state index contributed by atoms with van der Waals surface area (Å²) in [6.45, 7) is 0. The molecular weight excluding hydrogens is 381 g/mol. The van der Waals surface area contributed by atoms with Gasteiger partial charge in [-0.2, -0.15) is 8.42 Å². The maximum Gasteiger partial charge on any atom is 0.332 e. The third kappa shape index (κ3) is 3.65. The minimum atomic E-state index is -4.71. The van der Waals surface area contributed by atoms with Crippen LogP contribution in [0.4, 0.5) is 9.57 Å². The number of hydrogen-bond acceptors (Lipinski definition) is 4. The summed E-state index contributed by atoms with van der Waals surface area (Å²) >= 11 is 0. The van der Waals surface area contributed by atoms with E-state index in [-0.39, 0.29) is 16.6 Å². The van der Waals surface area contributed by atoms with Gasteiger partial charge in [0.15, 0.2) is 5.76 Å². The number of rotatable bonds is 4. The van der Waals surface area contributed by atoms with E-state index in [4.69, 9.17) is 4.42 Å². The number of amides is 1. The lowest BCUT2D eigenvalue weighted by atomic mass is 10.1. The van der Waals surface area contributed by atoms with Gasteiger partial charge in [0.1, 0.15) is 5.58 Å². The van der Waals surface area contributed by atoms with Crippen LogP contribution in [0.5, 0.6) is 0 Å². The van der Waals surface area contributed by atoms with Gasteiger partial charge in [-0.1, -0.05) is 42.5 Å². The second-order valence-electron chi connectivity index (χ2n) is 6.14. The fraction of sp³-hybridized carbons (Fsp3) is 0. The molecule has 0 aliphatic heterocycles. The van der Waals surface area contributed by atoms with Crippen LogP contribution in [0.25, 0.3) is 22.1 Å². The Labute approximate surface area is 160 Å². The zero-order valence-electron chi connectivity index (χ0n) is 14.4. The lowest BCUT2D eigenvalue weighted by molar-refractivity contribution is 0.0998. The Hall–Kier alpha value is -3.45. The summed E-state index contributed by atoms with van der Waals surface area (Å²) in [6.07, 6.45) is 0. The molecule has 7 heteroatoms. The highest BCUT2D eigenvalue weighted by Gasteiger charge is 2.13. The molecule has 0 saturated heterocycles. The van der Waals surface area contributed by atoms with Gasteiger partial charge in [0.05, 0.1) is 4.90 Å². The van der Waals surface area contributed by atoms with Crippen molar-refractivity contribution in [1.29, 1.82) is 0 Å². The largest absolute Gasteiger partial charge is 0.451 e. The van der Waals surface area contributed by atoms with Crippen molar-refractivity contribution in [2.75, 3.05) is 5.32 Å². The lowest BCUT2D eigenvalue weighted by Crippen LogP contribution is -2.10. The van der Waals surface area contributed by atoms with Crippen LogP contribution >= 0.6 is 0 Å². The number of hydrogen-bond donors (Lipinski definition) is 1. The van der Waals surface area contributed by atoms with Crippen molar-refractivity contribution in [2.24, 2.45) is 0 Å². The third-order valence-corrected chi connectivity index (χ3v) is 5.10. The molecule has 4 rings (SSSR count). The maximum atomic E-state index is 13.0. The Balaban J connectivity index is 1.50. The molecule has 0 saturated carbocycles. The smallest absolute Gasteiger partial charge is 0.332 e. The van der Waals surface area contributed by atoms with E-state index in [2.05, 4.69) is 5.32 Å². The fourth-order valence-corrected chi connectivity index (χ4v) is 3.30. The first-order valence-corrected chi connectivity index (χ1v) is 9.74. The van der Waals surface area contributed by atoms with Gasteiger partial charge in [-0.05, 0) is 47.5 Å². The van der Waals surface area contributed by atoms with Gasteiger partial charge >= 0.3 is 10.2 Å². The van der Waals surface area contributed by atoms with Gasteiger partial charge in [0.25, 0.3) is 5.91 Å². The molecule has 28 heavy (non-hydrogen) atoms. The predicted octanol–water partition coefficient (Wildman–Crippen LogP) is 5.01. The molecule has 0 unspecified atom stereocenters. The Bertz CT molecular complexity index is 1230. The van der Waals surface area contributed by atoms with Crippen LogP contribution in [0.15, 0.2) is 88.2 Å². The van der Waals surface area contributed by atoms with Gasteiger partial charge in [0.2, 0.25) is 0 Å². The van der Waals surface area contributed by atoms with Crippen LogP contribution in [0.2, 0.25) is 0 Å². The van der Waals surface area contributed by atoms with E-state index < -0.39 is 10.2 Å². The van der Waals surface area contributed by atoms with E-state index in [1.807, 2.05) is 18.2 Å². The minimum Gasteiger partial charge on any atom is -0.451 e. The predicted molar refractivity (Wildman–Crippen MR) is 104 cm³/mol. The zero-order valence-corrected chi connectivity index (χ0v) is 15.2. The molecule has 0 aliphatic rings. The van der Waals surface area contributed by atoms with E-state index >= 15 is 0 Å². The minimum absolute atomic E-state index is 0.216. The first-order chi connectivity index (χ1) is 13.4. The summed E-state index contributed by atoms with van der Waals surface area (Å²) in [5, 5.41) is 3.61. The molecule has 1 aromatic heterocycles. The number of para-hydroxylation sites is 1. The summed E-state index contributed by atoms with van der Waals surface area (Å²) in [4.78, 5) is 12.0. The zero-order chi connectivity index (χ0) is 19.7. The quantitative estimate of drug-likeness (QED) is 0.493. The van der Waals surface area contributed by atoms with Crippen molar-refractivity contribution >= 4 is 32.8 Å². The molecule has 0 bridgehead atoms. The number of anilines is 1. The van der Waals surface area contributed by atoms with Crippen LogP contribution < -0.4 is 5.32 Å². The first-order valence-electron chi connectivity index (χ1n) is 8.35. The summed E-state index contributed by atoms with van der Waals surface area (Å²) in [5.74, 6) is -0.144.